The molecule has 0 fully saturated rings. The number of hydrogen-bond acceptors (Lipinski definition) is 4. The summed E-state index contributed by atoms with van der Waals surface area (Å²) in [5, 5.41) is 0. The number of halogens is 3. The number of benzene rings is 2. The molecule has 0 radical (unpaired) electrons. The van der Waals surface area contributed by atoms with E-state index in [1.165, 1.54) is 58.7 Å². The molecule has 10 heteroatoms. The van der Waals surface area contributed by atoms with Crippen molar-refractivity contribution in [3.05, 3.63) is 65.7 Å². The summed E-state index contributed by atoms with van der Waals surface area (Å²) in [6.45, 7) is 4.15. The fourth-order valence-corrected chi connectivity index (χ4v) is 4.41. The zero-order chi connectivity index (χ0) is 23.9. The van der Waals surface area contributed by atoms with E-state index >= 15 is 0 Å². The zero-order valence-corrected chi connectivity index (χ0v) is 18.8. The molecule has 0 saturated carbocycles. The lowest BCUT2D eigenvalue weighted by molar-refractivity contribution is -0.275. The van der Waals surface area contributed by atoms with E-state index < -0.39 is 22.3 Å². The maximum Gasteiger partial charge on any atom is 0.573 e. The molecule has 6 nitrogen and oxygen atoms in total. The molecule has 0 heterocycles. The van der Waals surface area contributed by atoms with Crippen molar-refractivity contribution < 1.29 is 31.1 Å². The second-order valence-electron chi connectivity index (χ2n) is 6.84. The summed E-state index contributed by atoms with van der Waals surface area (Å²) in [6, 6.07) is 11.7. The SMILES string of the molecule is CCN(CC)S(=O)(=O)c1ccc(/C=C/C(=O)N(C)Cc2ccccc2OC(F)(F)F)cc1. The average molecular weight is 471 g/mol. The molecule has 1 amide bonds. The van der Waals surface area contributed by atoms with E-state index in [1.54, 1.807) is 32.0 Å². The molecule has 32 heavy (non-hydrogen) atoms. The van der Waals surface area contributed by atoms with Crippen molar-refractivity contribution in [3.8, 4) is 5.75 Å². The molecule has 0 N–H and O–H groups in total. The van der Waals surface area contributed by atoms with E-state index in [0.717, 1.165) is 0 Å². The van der Waals surface area contributed by atoms with Gasteiger partial charge < -0.3 is 9.64 Å². The molecule has 0 unspecified atom stereocenters. The van der Waals surface area contributed by atoms with E-state index in [1.807, 2.05) is 0 Å². The highest BCUT2D eigenvalue weighted by molar-refractivity contribution is 7.89. The lowest BCUT2D eigenvalue weighted by Gasteiger charge is -2.19. The van der Waals surface area contributed by atoms with E-state index in [4.69, 9.17) is 0 Å². The third-order valence-corrected chi connectivity index (χ3v) is 6.69. The van der Waals surface area contributed by atoms with Gasteiger partial charge in [-0.15, -0.1) is 13.2 Å². The van der Waals surface area contributed by atoms with Crippen molar-refractivity contribution >= 4 is 22.0 Å². The minimum absolute atomic E-state index is 0.0868. The lowest BCUT2D eigenvalue weighted by Crippen LogP contribution is -2.30. The molecule has 0 aromatic heterocycles. The van der Waals surface area contributed by atoms with Crippen LogP contribution in [-0.4, -0.2) is 50.0 Å². The van der Waals surface area contributed by atoms with Crippen LogP contribution >= 0.6 is 0 Å². The Balaban J connectivity index is 2.08. The summed E-state index contributed by atoms with van der Waals surface area (Å²) in [5.74, 6) is -0.805. The summed E-state index contributed by atoms with van der Waals surface area (Å²) >= 11 is 0. The molecule has 2 aromatic rings. The predicted molar refractivity (Wildman–Crippen MR) is 115 cm³/mol. The maximum absolute atomic E-state index is 12.6. The summed E-state index contributed by atoms with van der Waals surface area (Å²) in [7, 11) is -2.12. The van der Waals surface area contributed by atoms with E-state index in [9.17, 15) is 26.4 Å². The first-order chi connectivity index (χ1) is 15.0. The largest absolute Gasteiger partial charge is 0.573 e. The fraction of sp³-hybridized carbons (Fsp3) is 0.318. The molecule has 0 aliphatic rings. The van der Waals surface area contributed by atoms with E-state index in [0.29, 0.717) is 18.7 Å². The number of rotatable bonds is 9. The van der Waals surface area contributed by atoms with E-state index in [2.05, 4.69) is 4.74 Å². The van der Waals surface area contributed by atoms with Gasteiger partial charge in [0.2, 0.25) is 15.9 Å². The molecule has 0 aliphatic carbocycles. The third kappa shape index (κ3) is 6.83. The number of alkyl halides is 3. The molecule has 0 aliphatic heterocycles. The van der Waals surface area contributed by atoms with Gasteiger partial charge in [-0.25, -0.2) is 8.42 Å². The Labute approximate surface area is 186 Å². The van der Waals surface area contributed by atoms with Gasteiger partial charge in [0.25, 0.3) is 0 Å². The van der Waals surface area contributed by atoms with Gasteiger partial charge in [-0.2, -0.15) is 4.31 Å². The normalized spacial score (nSPS) is 12.3. The number of likely N-dealkylation sites (N-methyl/N-ethyl adjacent to an activating group) is 1. The molecule has 0 spiro atoms. The summed E-state index contributed by atoms with van der Waals surface area (Å²) in [5.41, 5.74) is 0.811. The minimum Gasteiger partial charge on any atom is -0.405 e. The minimum atomic E-state index is -4.83. The topological polar surface area (TPSA) is 66.9 Å². The first-order valence-corrected chi connectivity index (χ1v) is 11.3. The highest BCUT2D eigenvalue weighted by atomic mass is 32.2. The second kappa shape index (κ2) is 10.6. The van der Waals surface area contributed by atoms with Crippen molar-refractivity contribution in [2.24, 2.45) is 0 Å². The maximum atomic E-state index is 12.6. The molecule has 2 aromatic carbocycles. The first kappa shape index (κ1) is 25.4. The quantitative estimate of drug-likeness (QED) is 0.513. The van der Waals surface area contributed by atoms with Gasteiger partial charge in [-0.1, -0.05) is 44.2 Å². The summed E-state index contributed by atoms with van der Waals surface area (Å²) in [4.78, 5) is 13.8. The first-order valence-electron chi connectivity index (χ1n) is 9.85. The summed E-state index contributed by atoms with van der Waals surface area (Å²) in [6.07, 6.45) is -2.06. The van der Waals surface area contributed by atoms with Gasteiger partial charge in [0.05, 0.1) is 4.90 Å². The number of nitrogens with zero attached hydrogens (tertiary/aromatic N) is 2. The second-order valence-corrected chi connectivity index (χ2v) is 8.78. The predicted octanol–water partition coefficient (Wildman–Crippen LogP) is 4.29. The molecule has 0 bridgehead atoms. The molecule has 0 atom stereocenters. The Kier molecular flexibility index (Phi) is 8.45. The van der Waals surface area contributed by atoms with Crippen LogP contribution in [0.25, 0.3) is 6.08 Å². The number of amides is 1. The molecular weight excluding hydrogens is 445 g/mol. The Bertz CT molecular complexity index is 1050. The Morgan fingerprint density at radius 3 is 2.19 bits per heavy atom. The van der Waals surface area contributed by atoms with Crippen LogP contribution in [0.4, 0.5) is 13.2 Å². The molecular formula is C22H25F3N2O4S. The third-order valence-electron chi connectivity index (χ3n) is 4.62. The van der Waals surface area contributed by atoms with Gasteiger partial charge in [0.1, 0.15) is 5.75 Å². The fourth-order valence-electron chi connectivity index (χ4n) is 2.95. The van der Waals surface area contributed by atoms with Gasteiger partial charge in [-0.05, 0) is 29.8 Å². The number of carbonyl (C=O) groups is 1. The van der Waals surface area contributed by atoms with Crippen LogP contribution in [0.2, 0.25) is 0 Å². The number of para-hydroxylation sites is 1. The van der Waals surface area contributed by atoms with Crippen molar-refractivity contribution in [3.63, 3.8) is 0 Å². The van der Waals surface area contributed by atoms with Gasteiger partial charge in [0.15, 0.2) is 0 Å². The van der Waals surface area contributed by atoms with E-state index in [-0.39, 0.29) is 22.8 Å². The smallest absolute Gasteiger partial charge is 0.405 e. The average Bonchev–Trinajstić information content (AvgIpc) is 2.73. The highest BCUT2D eigenvalue weighted by Crippen LogP contribution is 2.27. The van der Waals surface area contributed by atoms with Gasteiger partial charge in [0, 0.05) is 38.3 Å². The van der Waals surface area contributed by atoms with Crippen LogP contribution in [0, 0.1) is 0 Å². The highest BCUT2D eigenvalue weighted by Gasteiger charge is 2.32. The van der Waals surface area contributed by atoms with Crippen LogP contribution < -0.4 is 4.74 Å². The number of carbonyl (C=O) groups excluding carboxylic acids is 1. The zero-order valence-electron chi connectivity index (χ0n) is 18.0. The van der Waals surface area contributed by atoms with Crippen LogP contribution in [0.5, 0.6) is 5.75 Å². The number of ether oxygens (including phenoxy) is 1. The van der Waals surface area contributed by atoms with Gasteiger partial charge in [-0.3, -0.25) is 4.79 Å². The monoisotopic (exact) mass is 470 g/mol. The van der Waals surface area contributed by atoms with Crippen LogP contribution in [-0.2, 0) is 21.4 Å². The van der Waals surface area contributed by atoms with Crippen LogP contribution in [0.1, 0.15) is 25.0 Å². The summed E-state index contributed by atoms with van der Waals surface area (Å²) < 4.78 is 68.1. The van der Waals surface area contributed by atoms with Crippen molar-refractivity contribution in [1.29, 1.82) is 0 Å². The molecule has 0 saturated heterocycles. The van der Waals surface area contributed by atoms with Crippen molar-refractivity contribution in [1.82, 2.24) is 9.21 Å². The van der Waals surface area contributed by atoms with Crippen molar-refractivity contribution in [2.45, 2.75) is 31.7 Å². The van der Waals surface area contributed by atoms with Crippen LogP contribution in [0.15, 0.2) is 59.5 Å². The standard InChI is InChI=1S/C22H25F3N2O4S/c1-4-27(5-2)32(29,30)19-13-10-17(11-14-19)12-15-21(28)26(3)16-18-8-6-7-9-20(18)31-22(23,24)25/h6-15H,4-5,16H2,1-3H3/b15-12+. The lowest BCUT2D eigenvalue weighted by atomic mass is 10.2. The molecule has 174 valence electrons. The number of sulfonamides is 1. The molecule has 2 rings (SSSR count). The van der Waals surface area contributed by atoms with Crippen molar-refractivity contribution in [2.75, 3.05) is 20.1 Å². The van der Waals surface area contributed by atoms with Crippen LogP contribution in [0.3, 0.4) is 0 Å². The number of hydrogen-bond donors (Lipinski definition) is 0. The Morgan fingerprint density at radius 1 is 1.03 bits per heavy atom. The van der Waals surface area contributed by atoms with Gasteiger partial charge >= 0.3 is 6.36 Å². The Hall–Kier alpha value is -2.85. The Morgan fingerprint density at radius 2 is 1.62 bits per heavy atom.